The molecule has 0 amide bonds. The number of hydrogen-bond acceptors (Lipinski definition) is 6. The molecule has 2 N–H and O–H groups in total. The van der Waals surface area contributed by atoms with E-state index in [1.165, 1.54) is 0 Å². The van der Waals surface area contributed by atoms with Gasteiger partial charge in [0.2, 0.25) is 0 Å². The van der Waals surface area contributed by atoms with E-state index in [2.05, 4.69) is 10.6 Å². The molecule has 0 unspecified atom stereocenters. The number of ether oxygens (including phenoxy) is 4. The Labute approximate surface area is 122 Å². The third-order valence-electron chi connectivity index (χ3n) is 2.87. The zero-order valence-electron chi connectivity index (χ0n) is 12.5. The number of hydrogen-bond donors (Lipinski definition) is 2. The Hall–Kier alpha value is -0.240. The minimum atomic E-state index is 0.645. The van der Waals surface area contributed by atoms with E-state index in [4.69, 9.17) is 18.9 Å². The Morgan fingerprint density at radius 3 is 1.30 bits per heavy atom. The molecule has 1 rings (SSSR count). The van der Waals surface area contributed by atoms with E-state index in [0.29, 0.717) is 26.4 Å². The Kier molecular flexibility index (Phi) is 13.5. The molecule has 0 aromatic rings. The zero-order chi connectivity index (χ0) is 14.1. The van der Waals surface area contributed by atoms with Crippen LogP contribution in [0.2, 0.25) is 0 Å². The first kappa shape index (κ1) is 17.8. The van der Waals surface area contributed by atoms with Gasteiger partial charge in [-0.1, -0.05) is 0 Å². The summed E-state index contributed by atoms with van der Waals surface area (Å²) in [4.78, 5) is 0. The summed E-state index contributed by atoms with van der Waals surface area (Å²) in [6.45, 7) is 9.42. The van der Waals surface area contributed by atoms with Crippen LogP contribution in [-0.2, 0) is 18.9 Å². The van der Waals surface area contributed by atoms with Gasteiger partial charge in [0.05, 0.1) is 39.6 Å². The first-order valence-electron chi connectivity index (χ1n) is 7.72. The molecule has 0 radical (unpaired) electrons. The van der Waals surface area contributed by atoms with Crippen molar-refractivity contribution in [3.8, 4) is 0 Å². The molecule has 20 heavy (non-hydrogen) atoms. The van der Waals surface area contributed by atoms with Gasteiger partial charge in [-0.05, 0) is 25.9 Å². The lowest BCUT2D eigenvalue weighted by Crippen LogP contribution is -2.25. The molecule has 120 valence electrons. The molecular weight excluding hydrogens is 260 g/mol. The summed E-state index contributed by atoms with van der Waals surface area (Å²) in [6.07, 6.45) is 2.04. The molecule has 1 saturated heterocycles. The average Bonchev–Trinajstić information content (AvgIpc) is 2.46. The van der Waals surface area contributed by atoms with Gasteiger partial charge in [0.1, 0.15) is 0 Å². The second-order valence-corrected chi connectivity index (χ2v) is 4.66. The molecule has 0 aromatic heterocycles. The van der Waals surface area contributed by atoms with Gasteiger partial charge < -0.3 is 29.6 Å². The summed E-state index contributed by atoms with van der Waals surface area (Å²) >= 11 is 0. The van der Waals surface area contributed by atoms with Crippen LogP contribution < -0.4 is 10.6 Å². The smallest absolute Gasteiger partial charge is 0.0701 e. The van der Waals surface area contributed by atoms with E-state index >= 15 is 0 Å². The van der Waals surface area contributed by atoms with Crippen molar-refractivity contribution in [2.75, 3.05) is 79.0 Å². The second-order valence-electron chi connectivity index (χ2n) is 4.66. The Balaban J connectivity index is 2.00. The van der Waals surface area contributed by atoms with Gasteiger partial charge in [-0.25, -0.2) is 0 Å². The summed E-state index contributed by atoms with van der Waals surface area (Å²) in [5.74, 6) is 0. The standard InChI is InChI=1S/C14H30N2O4/c1-3-15-5-9-19-10-6-16-4-2-8-18-12-14-20-13-11-17-7-1/h15-16H,1-14H2. The minimum absolute atomic E-state index is 0.645. The van der Waals surface area contributed by atoms with Crippen LogP contribution >= 0.6 is 0 Å². The van der Waals surface area contributed by atoms with E-state index in [1.54, 1.807) is 0 Å². The van der Waals surface area contributed by atoms with Crippen LogP contribution in [0.15, 0.2) is 0 Å². The van der Waals surface area contributed by atoms with Crippen LogP contribution in [0.25, 0.3) is 0 Å². The van der Waals surface area contributed by atoms with Crippen molar-refractivity contribution in [1.29, 1.82) is 0 Å². The molecule has 1 aliphatic rings. The second kappa shape index (κ2) is 15.2. The molecule has 6 heteroatoms. The molecule has 0 spiro atoms. The van der Waals surface area contributed by atoms with E-state index in [9.17, 15) is 0 Å². The molecule has 0 aliphatic carbocycles. The predicted octanol–water partition coefficient (Wildman–Crippen LogP) is 0.0258. The van der Waals surface area contributed by atoms with E-state index < -0.39 is 0 Å². The summed E-state index contributed by atoms with van der Waals surface area (Å²) in [6, 6.07) is 0. The van der Waals surface area contributed by atoms with Crippen molar-refractivity contribution in [1.82, 2.24) is 10.6 Å². The molecule has 6 nitrogen and oxygen atoms in total. The first-order chi connectivity index (χ1) is 10.0. The average molecular weight is 290 g/mol. The van der Waals surface area contributed by atoms with E-state index in [0.717, 1.165) is 65.4 Å². The molecule has 1 aliphatic heterocycles. The van der Waals surface area contributed by atoms with Crippen LogP contribution in [0.1, 0.15) is 12.8 Å². The van der Waals surface area contributed by atoms with Crippen molar-refractivity contribution in [3.63, 3.8) is 0 Å². The van der Waals surface area contributed by atoms with Gasteiger partial charge in [-0.3, -0.25) is 0 Å². The molecule has 1 heterocycles. The van der Waals surface area contributed by atoms with Gasteiger partial charge in [-0.2, -0.15) is 0 Å². The molecule has 0 aromatic carbocycles. The van der Waals surface area contributed by atoms with Crippen LogP contribution in [-0.4, -0.2) is 79.0 Å². The van der Waals surface area contributed by atoms with Crippen molar-refractivity contribution < 1.29 is 18.9 Å². The van der Waals surface area contributed by atoms with Crippen LogP contribution in [0.5, 0.6) is 0 Å². The highest BCUT2D eigenvalue weighted by Gasteiger charge is 1.95. The highest BCUT2D eigenvalue weighted by Crippen LogP contribution is 1.86. The fraction of sp³-hybridized carbons (Fsp3) is 1.00. The predicted molar refractivity (Wildman–Crippen MR) is 78.2 cm³/mol. The van der Waals surface area contributed by atoms with E-state index in [1.807, 2.05) is 0 Å². The SMILES string of the molecule is C1CNCCOCCNCCCOCCOCCOC1. The molecule has 1 fully saturated rings. The Bertz CT molecular complexity index is 110. The van der Waals surface area contributed by atoms with Gasteiger partial charge in [0.25, 0.3) is 0 Å². The van der Waals surface area contributed by atoms with Crippen LogP contribution in [0.4, 0.5) is 0 Å². The summed E-state index contributed by atoms with van der Waals surface area (Å²) in [5, 5.41) is 6.67. The lowest BCUT2D eigenvalue weighted by molar-refractivity contribution is 0.0136. The molecule has 0 saturated carbocycles. The summed E-state index contributed by atoms with van der Waals surface area (Å²) in [7, 11) is 0. The Morgan fingerprint density at radius 1 is 0.400 bits per heavy atom. The maximum absolute atomic E-state index is 5.51. The fourth-order valence-electron chi connectivity index (χ4n) is 1.78. The van der Waals surface area contributed by atoms with Crippen LogP contribution in [0, 0.1) is 0 Å². The molecule has 0 atom stereocenters. The van der Waals surface area contributed by atoms with Gasteiger partial charge >= 0.3 is 0 Å². The third-order valence-corrected chi connectivity index (χ3v) is 2.87. The normalized spacial score (nSPS) is 24.0. The largest absolute Gasteiger partial charge is 0.379 e. The fourth-order valence-corrected chi connectivity index (χ4v) is 1.78. The highest BCUT2D eigenvalue weighted by atomic mass is 16.5. The lowest BCUT2D eigenvalue weighted by Gasteiger charge is -2.09. The number of rotatable bonds is 0. The summed E-state index contributed by atoms with van der Waals surface area (Å²) in [5.41, 5.74) is 0. The van der Waals surface area contributed by atoms with Gasteiger partial charge in [-0.15, -0.1) is 0 Å². The highest BCUT2D eigenvalue weighted by molar-refractivity contribution is 4.49. The Morgan fingerprint density at radius 2 is 0.800 bits per heavy atom. The topological polar surface area (TPSA) is 61.0 Å². The minimum Gasteiger partial charge on any atom is -0.379 e. The van der Waals surface area contributed by atoms with Crippen LogP contribution in [0.3, 0.4) is 0 Å². The van der Waals surface area contributed by atoms with Crippen molar-refractivity contribution >= 4 is 0 Å². The quantitative estimate of drug-likeness (QED) is 0.656. The first-order valence-corrected chi connectivity index (χ1v) is 7.72. The van der Waals surface area contributed by atoms with Gasteiger partial charge in [0.15, 0.2) is 0 Å². The lowest BCUT2D eigenvalue weighted by atomic mass is 10.4. The van der Waals surface area contributed by atoms with Crippen molar-refractivity contribution in [2.24, 2.45) is 0 Å². The molecular formula is C14H30N2O4. The third kappa shape index (κ3) is 12.8. The monoisotopic (exact) mass is 290 g/mol. The maximum atomic E-state index is 5.51. The maximum Gasteiger partial charge on any atom is 0.0701 e. The van der Waals surface area contributed by atoms with Gasteiger partial charge in [0, 0.05) is 26.3 Å². The molecule has 0 bridgehead atoms. The van der Waals surface area contributed by atoms with Crippen molar-refractivity contribution in [2.45, 2.75) is 12.8 Å². The number of nitrogens with one attached hydrogen (secondary N) is 2. The van der Waals surface area contributed by atoms with Crippen molar-refractivity contribution in [3.05, 3.63) is 0 Å². The summed E-state index contributed by atoms with van der Waals surface area (Å²) < 4.78 is 21.9. The van der Waals surface area contributed by atoms with E-state index in [-0.39, 0.29) is 0 Å². The zero-order valence-corrected chi connectivity index (χ0v) is 12.5.